The molecule has 1 saturated heterocycles. The number of alkyl halides is 1. The quantitative estimate of drug-likeness (QED) is 0.696. The highest BCUT2D eigenvalue weighted by Gasteiger charge is 2.39. The molecule has 1 aliphatic carbocycles. The Labute approximate surface area is 146 Å². The second-order valence-corrected chi connectivity index (χ2v) is 8.04. The van der Waals surface area contributed by atoms with E-state index in [0.717, 1.165) is 19.4 Å². The molecule has 0 spiro atoms. The van der Waals surface area contributed by atoms with Crippen LogP contribution in [0.25, 0.3) is 6.08 Å². The van der Waals surface area contributed by atoms with Gasteiger partial charge in [-0.05, 0) is 61.6 Å². The Morgan fingerprint density at radius 2 is 2.12 bits per heavy atom. The van der Waals surface area contributed by atoms with E-state index in [4.69, 9.17) is 0 Å². The number of rotatable bonds is 5. The van der Waals surface area contributed by atoms with Crippen molar-refractivity contribution in [3.8, 4) is 0 Å². The molecule has 1 aromatic rings. The molecule has 2 fully saturated rings. The molecule has 132 valence electrons. The molecular weight excluding hydrogens is 297 g/mol. The minimum absolute atomic E-state index is 0.570. The lowest BCUT2D eigenvalue weighted by atomic mass is 9.79. The minimum Gasteiger partial charge on any atom is -0.297 e. The fourth-order valence-electron chi connectivity index (χ4n) is 4.74. The molecule has 0 bridgehead atoms. The highest BCUT2D eigenvalue weighted by Crippen LogP contribution is 2.36. The summed E-state index contributed by atoms with van der Waals surface area (Å²) in [6, 6.07) is 7.42. The Morgan fingerprint density at radius 3 is 2.79 bits per heavy atom. The standard InChI is InChI=1S/C22H32FN/c1-4-18-11-10-17(14-19(18)5-2)15-20-8-6-7-9-21(20)24-13-12-22(3,23)16-24/h4,10-11,14,20-21H,1,5-9,12-13,15-16H2,2-3H3. The summed E-state index contributed by atoms with van der Waals surface area (Å²) in [6.45, 7) is 9.46. The average molecular weight is 330 g/mol. The Bertz CT molecular complexity index is 577. The van der Waals surface area contributed by atoms with E-state index in [-0.39, 0.29) is 0 Å². The van der Waals surface area contributed by atoms with Crippen molar-refractivity contribution in [2.24, 2.45) is 5.92 Å². The smallest absolute Gasteiger partial charge is 0.122 e. The molecule has 2 heteroatoms. The van der Waals surface area contributed by atoms with Crippen LogP contribution in [0, 0.1) is 5.92 Å². The summed E-state index contributed by atoms with van der Waals surface area (Å²) in [4.78, 5) is 2.45. The van der Waals surface area contributed by atoms with Gasteiger partial charge in [-0.2, -0.15) is 0 Å². The van der Waals surface area contributed by atoms with Crippen LogP contribution >= 0.6 is 0 Å². The number of hydrogen-bond acceptors (Lipinski definition) is 1. The molecule has 0 radical (unpaired) electrons. The van der Waals surface area contributed by atoms with Gasteiger partial charge >= 0.3 is 0 Å². The first kappa shape index (κ1) is 17.7. The van der Waals surface area contributed by atoms with Gasteiger partial charge < -0.3 is 0 Å². The zero-order valence-electron chi connectivity index (χ0n) is 15.4. The van der Waals surface area contributed by atoms with Crippen molar-refractivity contribution in [1.29, 1.82) is 0 Å². The normalized spacial score (nSPS) is 31.3. The second kappa shape index (κ2) is 7.39. The first-order valence-electron chi connectivity index (χ1n) is 9.69. The third-order valence-electron chi connectivity index (χ3n) is 6.10. The summed E-state index contributed by atoms with van der Waals surface area (Å²) < 4.78 is 14.3. The molecule has 1 aromatic carbocycles. The number of benzene rings is 1. The summed E-state index contributed by atoms with van der Waals surface area (Å²) >= 11 is 0. The first-order valence-corrected chi connectivity index (χ1v) is 9.69. The fraction of sp³-hybridized carbons (Fsp3) is 0.636. The number of halogens is 1. The number of likely N-dealkylation sites (tertiary alicyclic amines) is 1. The van der Waals surface area contributed by atoms with Gasteiger partial charge in [0.1, 0.15) is 5.67 Å². The fourth-order valence-corrected chi connectivity index (χ4v) is 4.74. The van der Waals surface area contributed by atoms with Crippen molar-refractivity contribution < 1.29 is 4.39 Å². The summed E-state index contributed by atoms with van der Waals surface area (Å²) in [7, 11) is 0. The molecule has 0 amide bonds. The van der Waals surface area contributed by atoms with E-state index in [1.807, 2.05) is 6.08 Å². The SMILES string of the molecule is C=Cc1ccc(CC2CCCCC2N2CCC(C)(F)C2)cc1CC. The van der Waals surface area contributed by atoms with Crippen LogP contribution < -0.4 is 0 Å². The van der Waals surface area contributed by atoms with Crippen LogP contribution in [0.2, 0.25) is 0 Å². The van der Waals surface area contributed by atoms with Gasteiger partial charge in [-0.1, -0.05) is 50.6 Å². The Kier molecular flexibility index (Phi) is 5.44. The summed E-state index contributed by atoms with van der Waals surface area (Å²) in [6.07, 6.45) is 10.00. The van der Waals surface area contributed by atoms with Gasteiger partial charge in [-0.25, -0.2) is 4.39 Å². The topological polar surface area (TPSA) is 3.24 Å². The lowest BCUT2D eigenvalue weighted by molar-refractivity contribution is 0.103. The first-order chi connectivity index (χ1) is 11.5. The van der Waals surface area contributed by atoms with Crippen LogP contribution in [0.1, 0.15) is 62.6 Å². The molecule has 1 saturated carbocycles. The summed E-state index contributed by atoms with van der Waals surface area (Å²) in [5.74, 6) is 0.673. The van der Waals surface area contributed by atoms with E-state index in [9.17, 15) is 4.39 Å². The number of hydrogen-bond donors (Lipinski definition) is 0. The number of nitrogens with zero attached hydrogens (tertiary/aromatic N) is 1. The van der Waals surface area contributed by atoms with E-state index in [1.54, 1.807) is 6.92 Å². The van der Waals surface area contributed by atoms with Crippen molar-refractivity contribution in [2.75, 3.05) is 13.1 Å². The van der Waals surface area contributed by atoms with Crippen LogP contribution in [0.4, 0.5) is 4.39 Å². The number of aryl methyl sites for hydroxylation is 1. The maximum atomic E-state index is 14.3. The second-order valence-electron chi connectivity index (χ2n) is 8.04. The average Bonchev–Trinajstić information content (AvgIpc) is 2.95. The van der Waals surface area contributed by atoms with Gasteiger partial charge in [0.15, 0.2) is 0 Å². The summed E-state index contributed by atoms with van der Waals surface area (Å²) in [5.41, 5.74) is 3.11. The Hall–Kier alpha value is -1.15. The van der Waals surface area contributed by atoms with Crippen LogP contribution in [-0.4, -0.2) is 29.7 Å². The Morgan fingerprint density at radius 1 is 1.33 bits per heavy atom. The molecule has 1 aliphatic heterocycles. The van der Waals surface area contributed by atoms with E-state index in [0.29, 0.717) is 24.9 Å². The molecule has 1 heterocycles. The highest BCUT2D eigenvalue weighted by atomic mass is 19.1. The Balaban J connectivity index is 1.73. The van der Waals surface area contributed by atoms with Gasteiger partial charge in [0.05, 0.1) is 0 Å². The van der Waals surface area contributed by atoms with Gasteiger partial charge in [0.25, 0.3) is 0 Å². The van der Waals surface area contributed by atoms with E-state index < -0.39 is 5.67 Å². The van der Waals surface area contributed by atoms with Gasteiger partial charge in [-0.15, -0.1) is 0 Å². The molecule has 2 aliphatic rings. The molecule has 0 N–H and O–H groups in total. The molecule has 0 aromatic heterocycles. The lowest BCUT2D eigenvalue weighted by Gasteiger charge is -2.38. The molecule has 1 nitrogen and oxygen atoms in total. The molecule has 24 heavy (non-hydrogen) atoms. The van der Waals surface area contributed by atoms with Crippen LogP contribution in [0.15, 0.2) is 24.8 Å². The summed E-state index contributed by atoms with van der Waals surface area (Å²) in [5, 5.41) is 0. The van der Waals surface area contributed by atoms with Gasteiger partial charge in [0, 0.05) is 19.1 Å². The maximum Gasteiger partial charge on any atom is 0.122 e. The molecular formula is C22H32FN. The van der Waals surface area contributed by atoms with Crippen molar-refractivity contribution in [3.63, 3.8) is 0 Å². The van der Waals surface area contributed by atoms with E-state index >= 15 is 0 Å². The molecule has 3 atom stereocenters. The molecule has 3 rings (SSSR count). The van der Waals surface area contributed by atoms with Crippen LogP contribution in [0.3, 0.4) is 0 Å². The van der Waals surface area contributed by atoms with Gasteiger partial charge in [-0.3, -0.25) is 4.90 Å². The van der Waals surface area contributed by atoms with Crippen molar-refractivity contribution >= 4 is 6.08 Å². The van der Waals surface area contributed by atoms with Crippen LogP contribution in [-0.2, 0) is 12.8 Å². The zero-order chi connectivity index (χ0) is 17.2. The van der Waals surface area contributed by atoms with Crippen molar-refractivity contribution in [3.05, 3.63) is 41.5 Å². The van der Waals surface area contributed by atoms with E-state index in [1.165, 1.54) is 42.4 Å². The highest BCUT2D eigenvalue weighted by molar-refractivity contribution is 5.53. The zero-order valence-corrected chi connectivity index (χ0v) is 15.4. The van der Waals surface area contributed by atoms with Crippen molar-refractivity contribution in [2.45, 2.75) is 70.5 Å². The predicted octanol–water partition coefficient (Wildman–Crippen LogP) is 5.43. The van der Waals surface area contributed by atoms with Crippen molar-refractivity contribution in [1.82, 2.24) is 4.90 Å². The van der Waals surface area contributed by atoms with E-state index in [2.05, 4.69) is 36.6 Å². The largest absolute Gasteiger partial charge is 0.297 e. The van der Waals surface area contributed by atoms with Gasteiger partial charge in [0.2, 0.25) is 0 Å². The molecule has 3 unspecified atom stereocenters. The third kappa shape index (κ3) is 3.91. The van der Waals surface area contributed by atoms with Crippen LogP contribution in [0.5, 0.6) is 0 Å². The minimum atomic E-state index is -0.983. The monoisotopic (exact) mass is 329 g/mol. The lowest BCUT2D eigenvalue weighted by Crippen LogP contribution is -2.43. The predicted molar refractivity (Wildman–Crippen MR) is 101 cm³/mol. The maximum absolute atomic E-state index is 14.3. The third-order valence-corrected chi connectivity index (χ3v) is 6.10.